The summed E-state index contributed by atoms with van der Waals surface area (Å²) in [5.74, 6) is -0.942. The molecule has 0 aliphatic carbocycles. The first-order valence-corrected chi connectivity index (χ1v) is 3.45. The zero-order chi connectivity index (χ0) is 8.20. The highest BCUT2D eigenvalue weighted by atomic mass is 79.9. The highest BCUT2D eigenvalue weighted by Gasteiger charge is 2.30. The van der Waals surface area contributed by atoms with Crippen LogP contribution in [0.4, 0.5) is 13.2 Å². The third-order valence-electron chi connectivity index (χ3n) is 0.611. The summed E-state index contributed by atoms with van der Waals surface area (Å²) in [7, 11) is 0. The van der Waals surface area contributed by atoms with Gasteiger partial charge < -0.3 is 0 Å². The number of hydrogen-bond donors (Lipinski definition) is 1. The van der Waals surface area contributed by atoms with E-state index in [1.165, 1.54) is 0 Å². The molecule has 2 nitrogen and oxygen atoms in total. The molecule has 0 rings (SSSR count). The van der Waals surface area contributed by atoms with E-state index in [0.717, 1.165) is 5.32 Å². The molecule has 0 atom stereocenters. The Morgan fingerprint density at radius 2 is 2.10 bits per heavy atom. The highest BCUT2D eigenvalue weighted by Crippen LogP contribution is 2.08. The summed E-state index contributed by atoms with van der Waals surface area (Å²) < 4.78 is 35.0. The van der Waals surface area contributed by atoms with Gasteiger partial charge >= 0.3 is 6.05 Å². The molecule has 0 unspecified atom stereocenters. The van der Waals surface area contributed by atoms with E-state index in [2.05, 4.69) is 15.9 Å². The maximum atomic E-state index is 11.9. The Kier molecular flexibility index (Phi) is 3.70. The Bertz CT molecular complexity index is 130. The van der Waals surface area contributed by atoms with Crippen LogP contribution in [-0.4, -0.2) is 24.0 Å². The second-order valence-corrected chi connectivity index (χ2v) is 2.08. The predicted octanol–water partition coefficient (Wildman–Crippen LogP) is 1.06. The Hall–Kier alpha value is -0.260. The van der Waals surface area contributed by atoms with E-state index in [9.17, 15) is 18.0 Å². The number of halogens is 4. The molecule has 0 heterocycles. The molecular formula is C4H5BrF3NO. The van der Waals surface area contributed by atoms with Gasteiger partial charge in [0, 0.05) is 0 Å². The van der Waals surface area contributed by atoms with Crippen molar-refractivity contribution in [2.45, 2.75) is 6.05 Å². The third kappa shape index (κ3) is 3.71. The van der Waals surface area contributed by atoms with E-state index in [-0.39, 0.29) is 5.33 Å². The minimum atomic E-state index is -3.73. The van der Waals surface area contributed by atoms with Crippen LogP contribution in [0.1, 0.15) is 0 Å². The molecule has 0 saturated heterocycles. The number of alkyl halides is 4. The first-order valence-electron chi connectivity index (χ1n) is 2.32. The minimum Gasteiger partial charge on any atom is -0.294 e. The van der Waals surface area contributed by atoms with E-state index < -0.39 is 18.6 Å². The number of amides is 1. The summed E-state index contributed by atoms with van der Waals surface area (Å²) in [6, 6.07) is -3.73. The second-order valence-electron chi connectivity index (χ2n) is 1.52. The number of carbonyl (C=O) groups excluding carboxylic acids is 1. The SMILES string of the molecule is O=C(CBr)NC(F)(F)CF. The Morgan fingerprint density at radius 3 is 2.40 bits per heavy atom. The summed E-state index contributed by atoms with van der Waals surface area (Å²) in [6.45, 7) is -1.88. The molecule has 0 aliphatic rings. The summed E-state index contributed by atoms with van der Waals surface area (Å²) in [5, 5.41) is 0.900. The molecule has 0 radical (unpaired) electrons. The van der Waals surface area contributed by atoms with Crippen LogP contribution in [0.5, 0.6) is 0 Å². The van der Waals surface area contributed by atoms with Gasteiger partial charge in [0.05, 0.1) is 5.33 Å². The van der Waals surface area contributed by atoms with E-state index in [1.54, 1.807) is 0 Å². The second kappa shape index (κ2) is 3.80. The molecule has 0 aliphatic heterocycles. The summed E-state index contributed by atoms with van der Waals surface area (Å²) >= 11 is 2.63. The normalized spacial score (nSPS) is 11.2. The van der Waals surface area contributed by atoms with Gasteiger partial charge in [0.25, 0.3) is 0 Å². The monoisotopic (exact) mass is 219 g/mol. The third-order valence-corrected chi connectivity index (χ3v) is 1.12. The summed E-state index contributed by atoms with van der Waals surface area (Å²) in [4.78, 5) is 10.2. The molecule has 0 aromatic rings. The van der Waals surface area contributed by atoms with E-state index in [1.807, 2.05) is 0 Å². The van der Waals surface area contributed by atoms with Gasteiger partial charge in [-0.2, -0.15) is 8.78 Å². The van der Waals surface area contributed by atoms with Crippen LogP contribution in [0, 0.1) is 0 Å². The van der Waals surface area contributed by atoms with Gasteiger partial charge in [-0.3, -0.25) is 10.1 Å². The van der Waals surface area contributed by atoms with Gasteiger partial charge in [0.1, 0.15) is 0 Å². The molecule has 0 saturated carbocycles. The van der Waals surface area contributed by atoms with Gasteiger partial charge in [0.2, 0.25) is 5.91 Å². The molecule has 0 spiro atoms. The smallest absolute Gasteiger partial charge is 0.294 e. The average Bonchev–Trinajstić information content (AvgIpc) is 1.87. The van der Waals surface area contributed by atoms with Crippen LogP contribution in [-0.2, 0) is 4.79 Å². The standard InChI is InChI=1S/C4H5BrF3NO/c5-1-3(10)9-4(7,8)2-6/h1-2H2,(H,9,10). The first kappa shape index (κ1) is 9.74. The quantitative estimate of drug-likeness (QED) is 0.559. The van der Waals surface area contributed by atoms with Crippen LogP contribution >= 0.6 is 15.9 Å². The van der Waals surface area contributed by atoms with Crippen molar-refractivity contribution in [3.8, 4) is 0 Å². The van der Waals surface area contributed by atoms with Crippen molar-refractivity contribution >= 4 is 21.8 Å². The van der Waals surface area contributed by atoms with Crippen molar-refractivity contribution in [3.05, 3.63) is 0 Å². The largest absolute Gasteiger partial charge is 0.353 e. The van der Waals surface area contributed by atoms with Crippen LogP contribution in [0.15, 0.2) is 0 Å². The lowest BCUT2D eigenvalue weighted by atomic mass is 10.5. The maximum Gasteiger partial charge on any atom is 0.353 e. The van der Waals surface area contributed by atoms with Crippen molar-refractivity contribution in [2.24, 2.45) is 0 Å². The lowest BCUT2D eigenvalue weighted by Crippen LogP contribution is -2.43. The fourth-order valence-electron chi connectivity index (χ4n) is 0.271. The van der Waals surface area contributed by atoms with Crippen molar-refractivity contribution in [1.29, 1.82) is 0 Å². The number of nitrogens with one attached hydrogen (secondary N) is 1. The zero-order valence-corrected chi connectivity index (χ0v) is 6.42. The highest BCUT2D eigenvalue weighted by molar-refractivity contribution is 9.09. The fraction of sp³-hybridized carbons (Fsp3) is 0.750. The van der Waals surface area contributed by atoms with Gasteiger partial charge in [-0.15, -0.1) is 0 Å². The minimum absolute atomic E-state index is 0.261. The summed E-state index contributed by atoms with van der Waals surface area (Å²) in [5.41, 5.74) is 0. The zero-order valence-electron chi connectivity index (χ0n) is 4.83. The van der Waals surface area contributed by atoms with Crippen molar-refractivity contribution in [3.63, 3.8) is 0 Å². The summed E-state index contributed by atoms with van der Waals surface area (Å²) in [6.07, 6.45) is 0. The van der Waals surface area contributed by atoms with Gasteiger partial charge in [-0.1, -0.05) is 15.9 Å². The number of rotatable bonds is 3. The maximum absolute atomic E-state index is 11.9. The Balaban J connectivity index is 3.76. The van der Waals surface area contributed by atoms with Crippen molar-refractivity contribution in [2.75, 3.05) is 12.0 Å². The van der Waals surface area contributed by atoms with Gasteiger partial charge in [-0.25, -0.2) is 4.39 Å². The molecule has 10 heavy (non-hydrogen) atoms. The molecule has 6 heteroatoms. The number of carbonyl (C=O) groups is 1. The molecule has 0 bridgehead atoms. The number of hydrogen-bond acceptors (Lipinski definition) is 1. The predicted molar refractivity (Wildman–Crippen MR) is 32.9 cm³/mol. The van der Waals surface area contributed by atoms with Crippen molar-refractivity contribution < 1.29 is 18.0 Å². The molecule has 0 aromatic heterocycles. The molecule has 0 aromatic carbocycles. The lowest BCUT2D eigenvalue weighted by Gasteiger charge is -2.12. The van der Waals surface area contributed by atoms with Crippen molar-refractivity contribution in [1.82, 2.24) is 5.32 Å². The van der Waals surface area contributed by atoms with Crippen LogP contribution in [0.2, 0.25) is 0 Å². The van der Waals surface area contributed by atoms with Gasteiger partial charge in [-0.05, 0) is 0 Å². The lowest BCUT2D eigenvalue weighted by molar-refractivity contribution is -0.131. The van der Waals surface area contributed by atoms with E-state index in [4.69, 9.17) is 0 Å². The van der Waals surface area contributed by atoms with Crippen LogP contribution < -0.4 is 5.32 Å². The topological polar surface area (TPSA) is 29.1 Å². The molecule has 0 fully saturated rings. The van der Waals surface area contributed by atoms with Gasteiger partial charge in [0.15, 0.2) is 6.67 Å². The first-order chi connectivity index (χ1) is 4.52. The molecule has 1 N–H and O–H groups in total. The van der Waals surface area contributed by atoms with E-state index in [0.29, 0.717) is 0 Å². The fourth-order valence-corrected chi connectivity index (χ4v) is 0.411. The molecular weight excluding hydrogens is 215 g/mol. The average molecular weight is 220 g/mol. The Morgan fingerprint density at radius 1 is 1.60 bits per heavy atom. The molecule has 60 valence electrons. The van der Waals surface area contributed by atoms with Crippen LogP contribution in [0.25, 0.3) is 0 Å². The van der Waals surface area contributed by atoms with Crippen LogP contribution in [0.3, 0.4) is 0 Å². The molecule has 1 amide bonds. The Labute approximate surface area is 63.9 Å². The van der Waals surface area contributed by atoms with E-state index >= 15 is 0 Å².